The molecule has 2 aromatic rings. The minimum atomic E-state index is -0.539. The Labute approximate surface area is 101 Å². The van der Waals surface area contributed by atoms with E-state index in [0.717, 1.165) is 10.9 Å². The van der Waals surface area contributed by atoms with Gasteiger partial charge in [-0.1, -0.05) is 17.7 Å². The summed E-state index contributed by atoms with van der Waals surface area (Å²) in [5, 5.41) is 1.97. The van der Waals surface area contributed by atoms with Crippen molar-refractivity contribution >= 4 is 28.6 Å². The van der Waals surface area contributed by atoms with Gasteiger partial charge in [-0.05, 0) is 11.4 Å². The van der Waals surface area contributed by atoms with Crippen LogP contribution in [0.25, 0.3) is 0 Å². The Morgan fingerprint density at radius 1 is 1.44 bits per heavy atom. The molecule has 0 atom stereocenters. The summed E-state index contributed by atoms with van der Waals surface area (Å²) in [6.45, 7) is 0.407. The molecule has 0 aliphatic carbocycles. The van der Waals surface area contributed by atoms with Crippen LogP contribution in [0.4, 0.5) is 10.1 Å². The highest BCUT2D eigenvalue weighted by atomic mass is 35.5. The molecular formula is C11H9ClFNOS. The SMILES string of the molecule is Nc1cc(F)c(Cl)cc1OCc1cccs1. The van der Waals surface area contributed by atoms with Gasteiger partial charge < -0.3 is 10.5 Å². The second-order valence-electron chi connectivity index (χ2n) is 3.17. The van der Waals surface area contributed by atoms with E-state index >= 15 is 0 Å². The van der Waals surface area contributed by atoms with Crippen LogP contribution in [0.5, 0.6) is 5.75 Å². The first-order chi connectivity index (χ1) is 7.66. The van der Waals surface area contributed by atoms with Crippen LogP contribution in [-0.2, 0) is 6.61 Å². The van der Waals surface area contributed by atoms with E-state index in [-0.39, 0.29) is 10.7 Å². The Morgan fingerprint density at radius 3 is 2.94 bits per heavy atom. The van der Waals surface area contributed by atoms with Crippen LogP contribution in [0.3, 0.4) is 0 Å². The number of nitrogens with two attached hydrogens (primary N) is 1. The van der Waals surface area contributed by atoms with Crippen LogP contribution < -0.4 is 10.5 Å². The van der Waals surface area contributed by atoms with Crippen molar-refractivity contribution in [2.75, 3.05) is 5.73 Å². The van der Waals surface area contributed by atoms with Crippen molar-refractivity contribution in [1.29, 1.82) is 0 Å². The van der Waals surface area contributed by atoms with E-state index in [0.29, 0.717) is 12.4 Å². The number of hydrogen-bond acceptors (Lipinski definition) is 3. The number of nitrogen functional groups attached to an aromatic ring is 1. The van der Waals surface area contributed by atoms with E-state index in [1.165, 1.54) is 6.07 Å². The fourth-order valence-corrected chi connectivity index (χ4v) is 1.98. The van der Waals surface area contributed by atoms with Crippen LogP contribution in [0, 0.1) is 5.82 Å². The minimum Gasteiger partial charge on any atom is -0.486 e. The van der Waals surface area contributed by atoms with Crippen molar-refractivity contribution in [3.8, 4) is 5.75 Å². The van der Waals surface area contributed by atoms with Gasteiger partial charge in [0.15, 0.2) is 0 Å². The number of ether oxygens (including phenoxy) is 1. The zero-order valence-electron chi connectivity index (χ0n) is 8.24. The fourth-order valence-electron chi connectivity index (χ4n) is 1.21. The first kappa shape index (κ1) is 11.2. The van der Waals surface area contributed by atoms with Gasteiger partial charge in [-0.15, -0.1) is 11.3 Å². The number of hydrogen-bond donors (Lipinski definition) is 1. The molecule has 0 unspecified atom stereocenters. The third kappa shape index (κ3) is 2.46. The van der Waals surface area contributed by atoms with Crippen molar-refractivity contribution in [2.45, 2.75) is 6.61 Å². The molecule has 0 spiro atoms. The normalized spacial score (nSPS) is 10.4. The lowest BCUT2D eigenvalue weighted by atomic mass is 10.3. The molecule has 0 aliphatic heterocycles. The molecule has 2 nitrogen and oxygen atoms in total. The molecule has 1 aromatic carbocycles. The van der Waals surface area contributed by atoms with Gasteiger partial charge in [0.25, 0.3) is 0 Å². The molecule has 5 heteroatoms. The highest BCUT2D eigenvalue weighted by molar-refractivity contribution is 7.09. The lowest BCUT2D eigenvalue weighted by molar-refractivity contribution is 0.311. The summed E-state index contributed by atoms with van der Waals surface area (Å²) in [6.07, 6.45) is 0. The predicted octanol–water partition coefficient (Wildman–Crippen LogP) is 3.70. The maximum Gasteiger partial charge on any atom is 0.144 e. The summed E-state index contributed by atoms with van der Waals surface area (Å²) in [5.74, 6) is -0.137. The van der Waals surface area contributed by atoms with Crippen molar-refractivity contribution in [1.82, 2.24) is 0 Å². The molecule has 0 saturated carbocycles. The largest absolute Gasteiger partial charge is 0.486 e. The molecule has 2 rings (SSSR count). The summed E-state index contributed by atoms with van der Waals surface area (Å²) >= 11 is 7.22. The first-order valence-corrected chi connectivity index (χ1v) is 5.82. The van der Waals surface area contributed by atoms with Crippen LogP contribution in [-0.4, -0.2) is 0 Å². The highest BCUT2D eigenvalue weighted by Gasteiger charge is 2.07. The maximum absolute atomic E-state index is 13.0. The fraction of sp³-hybridized carbons (Fsp3) is 0.0909. The highest BCUT2D eigenvalue weighted by Crippen LogP contribution is 2.29. The Kier molecular flexibility index (Phi) is 3.31. The zero-order valence-corrected chi connectivity index (χ0v) is 9.82. The predicted molar refractivity (Wildman–Crippen MR) is 64.5 cm³/mol. The maximum atomic E-state index is 13.0. The van der Waals surface area contributed by atoms with Gasteiger partial charge in [0.1, 0.15) is 18.2 Å². The molecule has 0 aliphatic rings. The quantitative estimate of drug-likeness (QED) is 0.851. The Bertz CT molecular complexity index is 487. The molecular weight excluding hydrogens is 249 g/mol. The summed E-state index contributed by atoms with van der Waals surface area (Å²) in [4.78, 5) is 1.07. The summed E-state index contributed by atoms with van der Waals surface area (Å²) < 4.78 is 18.5. The van der Waals surface area contributed by atoms with E-state index < -0.39 is 5.82 Å². The topological polar surface area (TPSA) is 35.2 Å². The Balaban J connectivity index is 2.12. The van der Waals surface area contributed by atoms with Crippen LogP contribution >= 0.6 is 22.9 Å². The monoisotopic (exact) mass is 257 g/mol. The van der Waals surface area contributed by atoms with Crippen molar-refractivity contribution in [2.24, 2.45) is 0 Å². The Morgan fingerprint density at radius 2 is 2.25 bits per heavy atom. The molecule has 2 N–H and O–H groups in total. The molecule has 16 heavy (non-hydrogen) atoms. The van der Waals surface area contributed by atoms with Gasteiger partial charge >= 0.3 is 0 Å². The third-order valence-electron chi connectivity index (χ3n) is 2.00. The number of thiophene rings is 1. The zero-order chi connectivity index (χ0) is 11.5. The number of anilines is 1. The standard InChI is InChI=1S/C11H9ClFNOS/c12-8-4-11(10(14)5-9(8)13)15-6-7-2-1-3-16-7/h1-5H,6,14H2. The van der Waals surface area contributed by atoms with Crippen molar-refractivity contribution < 1.29 is 9.13 Å². The molecule has 0 amide bonds. The number of benzene rings is 1. The van der Waals surface area contributed by atoms with Crippen LogP contribution in [0.2, 0.25) is 5.02 Å². The Hall–Kier alpha value is -1.26. The minimum absolute atomic E-state index is 0.00961. The third-order valence-corrected chi connectivity index (χ3v) is 3.14. The average molecular weight is 258 g/mol. The van der Waals surface area contributed by atoms with E-state index in [4.69, 9.17) is 22.1 Å². The first-order valence-electron chi connectivity index (χ1n) is 4.56. The summed E-state index contributed by atoms with van der Waals surface area (Å²) in [6, 6.07) is 6.43. The molecule has 84 valence electrons. The second-order valence-corrected chi connectivity index (χ2v) is 4.61. The lowest BCUT2D eigenvalue weighted by Crippen LogP contribution is -1.98. The smallest absolute Gasteiger partial charge is 0.144 e. The van der Waals surface area contributed by atoms with Crippen molar-refractivity contribution in [3.63, 3.8) is 0 Å². The van der Waals surface area contributed by atoms with Gasteiger partial charge in [-0.25, -0.2) is 4.39 Å². The number of rotatable bonds is 3. The van der Waals surface area contributed by atoms with Crippen LogP contribution in [0.15, 0.2) is 29.6 Å². The average Bonchev–Trinajstić information content (AvgIpc) is 2.74. The van der Waals surface area contributed by atoms with Gasteiger partial charge in [-0.2, -0.15) is 0 Å². The summed E-state index contributed by atoms with van der Waals surface area (Å²) in [5.41, 5.74) is 5.86. The van der Waals surface area contributed by atoms with E-state index in [1.807, 2.05) is 17.5 Å². The summed E-state index contributed by atoms with van der Waals surface area (Å²) in [7, 11) is 0. The molecule has 1 heterocycles. The van der Waals surface area contributed by atoms with E-state index in [1.54, 1.807) is 11.3 Å². The van der Waals surface area contributed by atoms with Crippen molar-refractivity contribution in [3.05, 3.63) is 45.4 Å². The van der Waals surface area contributed by atoms with E-state index in [9.17, 15) is 4.39 Å². The van der Waals surface area contributed by atoms with E-state index in [2.05, 4.69) is 0 Å². The van der Waals surface area contributed by atoms with Gasteiger partial charge in [0, 0.05) is 17.0 Å². The lowest BCUT2D eigenvalue weighted by Gasteiger charge is -2.08. The number of halogens is 2. The van der Waals surface area contributed by atoms with Gasteiger partial charge in [0.2, 0.25) is 0 Å². The molecule has 0 saturated heterocycles. The van der Waals surface area contributed by atoms with Gasteiger partial charge in [-0.3, -0.25) is 0 Å². The second kappa shape index (κ2) is 4.72. The van der Waals surface area contributed by atoms with Crippen LogP contribution in [0.1, 0.15) is 4.88 Å². The molecule has 0 fully saturated rings. The molecule has 0 radical (unpaired) electrons. The van der Waals surface area contributed by atoms with Gasteiger partial charge in [0.05, 0.1) is 10.7 Å². The molecule has 0 bridgehead atoms. The molecule has 1 aromatic heterocycles.